The predicted molar refractivity (Wildman–Crippen MR) is 105 cm³/mol. The van der Waals surface area contributed by atoms with E-state index in [9.17, 15) is 9.90 Å². The molecule has 1 aromatic heterocycles. The number of amides is 2. The summed E-state index contributed by atoms with van der Waals surface area (Å²) in [5.74, 6) is 0. The van der Waals surface area contributed by atoms with Gasteiger partial charge in [0.25, 0.3) is 0 Å². The van der Waals surface area contributed by atoms with Crippen LogP contribution in [0.3, 0.4) is 0 Å². The van der Waals surface area contributed by atoms with Crippen molar-refractivity contribution in [1.29, 1.82) is 0 Å². The number of aryl methyl sites for hydroxylation is 2. The van der Waals surface area contributed by atoms with Crippen LogP contribution >= 0.6 is 11.3 Å². The van der Waals surface area contributed by atoms with Crippen molar-refractivity contribution in [2.45, 2.75) is 26.6 Å². The van der Waals surface area contributed by atoms with Gasteiger partial charge >= 0.3 is 6.03 Å². The maximum absolute atomic E-state index is 13.3. The van der Waals surface area contributed by atoms with Gasteiger partial charge in [-0.15, -0.1) is 11.3 Å². The van der Waals surface area contributed by atoms with Gasteiger partial charge in [-0.05, 0) is 50.2 Å². The molecule has 132 valence electrons. The Bertz CT molecular complexity index is 952. The lowest BCUT2D eigenvalue weighted by molar-refractivity contribution is 0.0242. The lowest BCUT2D eigenvalue weighted by Crippen LogP contribution is -2.47. The molecule has 0 radical (unpaired) electrons. The van der Waals surface area contributed by atoms with E-state index in [0.29, 0.717) is 6.54 Å². The van der Waals surface area contributed by atoms with Crippen LogP contribution in [0, 0.1) is 13.8 Å². The summed E-state index contributed by atoms with van der Waals surface area (Å²) in [7, 11) is 0. The lowest BCUT2D eigenvalue weighted by Gasteiger charge is -2.40. The summed E-state index contributed by atoms with van der Waals surface area (Å²) in [6.07, 6.45) is -0.959. The zero-order valence-electron chi connectivity index (χ0n) is 14.7. The number of carbonyl (C=O) groups is 1. The van der Waals surface area contributed by atoms with Crippen LogP contribution in [0.4, 0.5) is 16.2 Å². The number of urea groups is 1. The van der Waals surface area contributed by atoms with Gasteiger partial charge in [-0.3, -0.25) is 9.80 Å². The Balaban J connectivity index is 1.81. The van der Waals surface area contributed by atoms with Gasteiger partial charge in [0.2, 0.25) is 0 Å². The van der Waals surface area contributed by atoms with Crippen molar-refractivity contribution < 1.29 is 9.90 Å². The van der Waals surface area contributed by atoms with Crippen molar-refractivity contribution in [2.24, 2.45) is 0 Å². The molecule has 0 aliphatic carbocycles. The van der Waals surface area contributed by atoms with Crippen molar-refractivity contribution >= 4 is 28.7 Å². The molecule has 5 heteroatoms. The standard InChI is InChI=1S/C21H20N2O2S/c1-14-8-11-19-18(12-14)20(24)22(13-17-10-9-15(2)26-17)21(25)23(19)16-6-4-3-5-7-16/h3-12,20,24H,13H2,1-2H3. The van der Waals surface area contributed by atoms with Gasteiger partial charge in [-0.1, -0.05) is 29.8 Å². The van der Waals surface area contributed by atoms with Gasteiger partial charge in [0.15, 0.2) is 6.23 Å². The molecule has 1 aliphatic heterocycles. The maximum Gasteiger partial charge on any atom is 0.331 e. The molecule has 2 heterocycles. The Morgan fingerprint density at radius 3 is 2.50 bits per heavy atom. The molecule has 4 nitrogen and oxygen atoms in total. The van der Waals surface area contributed by atoms with Crippen molar-refractivity contribution in [3.63, 3.8) is 0 Å². The zero-order chi connectivity index (χ0) is 18.3. The number of para-hydroxylation sites is 1. The normalized spacial score (nSPS) is 16.7. The average Bonchev–Trinajstić information content (AvgIpc) is 3.05. The molecule has 1 atom stereocenters. The van der Waals surface area contributed by atoms with Crippen molar-refractivity contribution in [2.75, 3.05) is 4.90 Å². The first-order valence-corrected chi connectivity index (χ1v) is 9.36. The number of hydrogen-bond donors (Lipinski definition) is 1. The van der Waals surface area contributed by atoms with E-state index in [4.69, 9.17) is 0 Å². The van der Waals surface area contributed by atoms with Crippen molar-refractivity contribution in [3.05, 3.63) is 81.5 Å². The number of carbonyl (C=O) groups excluding carboxylic acids is 1. The zero-order valence-corrected chi connectivity index (χ0v) is 15.5. The molecule has 0 bridgehead atoms. The fraction of sp³-hybridized carbons (Fsp3) is 0.190. The number of fused-ring (bicyclic) bond motifs is 1. The summed E-state index contributed by atoms with van der Waals surface area (Å²) in [5, 5.41) is 10.9. The Hall–Kier alpha value is -2.63. The number of nitrogens with zero attached hydrogens (tertiary/aromatic N) is 2. The average molecular weight is 364 g/mol. The van der Waals surface area contributed by atoms with Gasteiger partial charge in [0, 0.05) is 15.3 Å². The van der Waals surface area contributed by atoms with Crippen LogP contribution in [0.1, 0.15) is 27.1 Å². The highest BCUT2D eigenvalue weighted by molar-refractivity contribution is 7.11. The topological polar surface area (TPSA) is 43.8 Å². The summed E-state index contributed by atoms with van der Waals surface area (Å²) in [4.78, 5) is 18.7. The summed E-state index contributed by atoms with van der Waals surface area (Å²) in [6.45, 7) is 4.41. The number of hydrogen-bond acceptors (Lipinski definition) is 3. The minimum Gasteiger partial charge on any atom is -0.369 e. The Labute approximate surface area is 156 Å². The number of aliphatic hydroxyl groups is 1. The Morgan fingerprint density at radius 1 is 1.04 bits per heavy atom. The molecule has 0 saturated carbocycles. The Kier molecular flexibility index (Phi) is 4.26. The fourth-order valence-electron chi connectivity index (χ4n) is 3.31. The van der Waals surface area contributed by atoms with E-state index < -0.39 is 6.23 Å². The number of rotatable bonds is 3. The van der Waals surface area contributed by atoms with Crippen LogP contribution in [0.15, 0.2) is 60.7 Å². The second-order valence-corrected chi connectivity index (χ2v) is 7.90. The van der Waals surface area contributed by atoms with Crippen LogP contribution in [-0.2, 0) is 6.54 Å². The molecule has 1 N–H and O–H groups in total. The highest BCUT2D eigenvalue weighted by Gasteiger charge is 2.37. The van der Waals surface area contributed by atoms with Gasteiger partial charge in [-0.2, -0.15) is 0 Å². The second kappa shape index (κ2) is 6.59. The summed E-state index contributed by atoms with van der Waals surface area (Å²) in [5.41, 5.74) is 3.33. The third kappa shape index (κ3) is 2.89. The summed E-state index contributed by atoms with van der Waals surface area (Å²) >= 11 is 1.64. The number of benzene rings is 2. The molecule has 2 aromatic carbocycles. The summed E-state index contributed by atoms with van der Waals surface area (Å²) in [6, 6.07) is 19.2. The molecular formula is C21H20N2O2S. The van der Waals surface area contributed by atoms with Crippen LogP contribution in [0.2, 0.25) is 0 Å². The summed E-state index contributed by atoms with van der Waals surface area (Å²) < 4.78 is 0. The number of anilines is 2. The predicted octanol–water partition coefficient (Wildman–Crippen LogP) is 5.13. The third-order valence-corrected chi connectivity index (χ3v) is 5.56. The van der Waals surface area contributed by atoms with Crippen LogP contribution in [0.5, 0.6) is 0 Å². The van der Waals surface area contributed by atoms with E-state index in [2.05, 4.69) is 0 Å². The molecule has 0 fully saturated rings. The third-order valence-electron chi connectivity index (χ3n) is 4.57. The molecule has 2 amide bonds. The van der Waals surface area contributed by atoms with E-state index in [1.54, 1.807) is 16.2 Å². The fourth-order valence-corrected chi connectivity index (χ4v) is 4.20. The highest BCUT2D eigenvalue weighted by atomic mass is 32.1. The minimum atomic E-state index is -0.959. The molecule has 1 aliphatic rings. The van der Waals surface area contributed by atoms with Gasteiger partial charge < -0.3 is 5.11 Å². The van der Waals surface area contributed by atoms with E-state index in [-0.39, 0.29) is 6.03 Å². The minimum absolute atomic E-state index is 0.217. The number of thiophene rings is 1. The molecule has 1 unspecified atom stereocenters. The lowest BCUT2D eigenvalue weighted by atomic mass is 10.0. The molecule has 4 rings (SSSR count). The molecule has 0 spiro atoms. The highest BCUT2D eigenvalue weighted by Crippen LogP contribution is 2.41. The van der Waals surface area contributed by atoms with Crippen LogP contribution in [0.25, 0.3) is 0 Å². The van der Waals surface area contributed by atoms with E-state index in [0.717, 1.165) is 27.4 Å². The molecule has 0 saturated heterocycles. The first kappa shape index (κ1) is 16.8. The maximum atomic E-state index is 13.3. The quantitative estimate of drug-likeness (QED) is 0.700. The van der Waals surface area contributed by atoms with E-state index in [1.807, 2.05) is 74.5 Å². The second-order valence-electron chi connectivity index (χ2n) is 6.53. The number of aliphatic hydroxyl groups excluding tert-OH is 1. The molecule has 3 aromatic rings. The SMILES string of the molecule is Cc1ccc2c(c1)C(O)N(Cc1ccc(C)s1)C(=O)N2c1ccccc1. The first-order valence-electron chi connectivity index (χ1n) is 8.54. The van der Waals surface area contributed by atoms with Gasteiger partial charge in [0.1, 0.15) is 0 Å². The first-order chi connectivity index (χ1) is 12.5. The van der Waals surface area contributed by atoms with E-state index >= 15 is 0 Å². The largest absolute Gasteiger partial charge is 0.369 e. The monoisotopic (exact) mass is 364 g/mol. The Morgan fingerprint density at radius 2 is 1.81 bits per heavy atom. The molecular weight excluding hydrogens is 344 g/mol. The van der Waals surface area contributed by atoms with Crippen LogP contribution in [-0.4, -0.2) is 16.0 Å². The molecule has 26 heavy (non-hydrogen) atoms. The smallest absolute Gasteiger partial charge is 0.331 e. The van der Waals surface area contributed by atoms with E-state index in [1.165, 1.54) is 9.78 Å². The van der Waals surface area contributed by atoms with Gasteiger partial charge in [-0.25, -0.2) is 4.79 Å². The van der Waals surface area contributed by atoms with Crippen LogP contribution < -0.4 is 4.90 Å². The van der Waals surface area contributed by atoms with Gasteiger partial charge in [0.05, 0.1) is 17.9 Å². The van der Waals surface area contributed by atoms with Crippen molar-refractivity contribution in [1.82, 2.24) is 4.90 Å². The van der Waals surface area contributed by atoms with Crippen molar-refractivity contribution in [3.8, 4) is 0 Å².